The first-order valence-electron chi connectivity index (χ1n) is 9.91. The summed E-state index contributed by atoms with van der Waals surface area (Å²) < 4.78 is 2.39. The second-order valence-electron chi connectivity index (χ2n) is 7.70. The Morgan fingerprint density at radius 2 is 1.25 bits per heavy atom. The molecule has 1 heterocycles. The molecule has 0 atom stereocenters. The molecule has 28 heavy (non-hydrogen) atoms. The maximum atomic E-state index is 2.39. The van der Waals surface area contributed by atoms with Gasteiger partial charge in [-0.25, -0.2) is 0 Å². The van der Waals surface area contributed by atoms with Gasteiger partial charge in [0, 0.05) is 16.5 Å². The molecule has 1 heteroatoms. The summed E-state index contributed by atoms with van der Waals surface area (Å²) >= 11 is 0. The minimum Gasteiger partial charge on any atom is -0.309 e. The highest BCUT2D eigenvalue weighted by atomic mass is 15.0. The molecule has 1 aromatic heterocycles. The fourth-order valence-corrected chi connectivity index (χ4v) is 4.07. The van der Waals surface area contributed by atoms with Gasteiger partial charge in [0.2, 0.25) is 0 Å². The fourth-order valence-electron chi connectivity index (χ4n) is 4.07. The van der Waals surface area contributed by atoms with Crippen LogP contribution in [0.1, 0.15) is 25.3 Å². The van der Waals surface area contributed by atoms with Crippen LogP contribution in [0, 0.1) is 0 Å². The van der Waals surface area contributed by atoms with Crippen molar-refractivity contribution >= 4 is 21.8 Å². The van der Waals surface area contributed by atoms with Crippen LogP contribution in [-0.2, 0) is 0 Å². The Morgan fingerprint density at radius 1 is 0.571 bits per heavy atom. The molecule has 5 rings (SSSR count). The number of fused-ring (bicyclic) bond motifs is 3. The van der Waals surface area contributed by atoms with Crippen molar-refractivity contribution in [2.75, 3.05) is 0 Å². The number of benzene rings is 4. The van der Waals surface area contributed by atoms with Crippen molar-refractivity contribution in [2.24, 2.45) is 0 Å². The van der Waals surface area contributed by atoms with Crippen LogP contribution < -0.4 is 0 Å². The van der Waals surface area contributed by atoms with Gasteiger partial charge in [0.05, 0.1) is 11.0 Å². The van der Waals surface area contributed by atoms with Gasteiger partial charge in [0.1, 0.15) is 0 Å². The van der Waals surface area contributed by atoms with Crippen LogP contribution in [0.25, 0.3) is 38.6 Å². The molecule has 0 bridgehead atoms. The van der Waals surface area contributed by atoms with Crippen LogP contribution in [0.2, 0.25) is 0 Å². The van der Waals surface area contributed by atoms with Crippen molar-refractivity contribution in [3.63, 3.8) is 0 Å². The summed E-state index contributed by atoms with van der Waals surface area (Å²) in [7, 11) is 0. The van der Waals surface area contributed by atoms with Crippen molar-refractivity contribution in [1.29, 1.82) is 0 Å². The van der Waals surface area contributed by atoms with Crippen molar-refractivity contribution in [3.05, 3.63) is 103 Å². The Balaban J connectivity index is 1.79. The number of rotatable bonds is 3. The third kappa shape index (κ3) is 2.71. The molecule has 0 radical (unpaired) electrons. The zero-order valence-corrected chi connectivity index (χ0v) is 16.3. The Morgan fingerprint density at radius 3 is 2.00 bits per heavy atom. The summed E-state index contributed by atoms with van der Waals surface area (Å²) in [6.45, 7) is 4.48. The Labute approximate surface area is 165 Å². The van der Waals surface area contributed by atoms with E-state index in [0.717, 1.165) is 0 Å². The number of aromatic nitrogens is 1. The topological polar surface area (TPSA) is 4.93 Å². The molecular formula is C27H23N. The SMILES string of the molecule is CC(C)c1ccc(-n2c3ccccc3c3ccc(-c4ccccc4)cc32)cc1. The quantitative estimate of drug-likeness (QED) is 0.312. The third-order valence-corrected chi connectivity index (χ3v) is 5.60. The second kappa shape index (κ2) is 6.69. The summed E-state index contributed by atoms with van der Waals surface area (Å²) in [6.07, 6.45) is 0. The lowest BCUT2D eigenvalue weighted by atomic mass is 10.0. The normalized spacial score (nSPS) is 11.5. The highest BCUT2D eigenvalue weighted by Crippen LogP contribution is 2.34. The van der Waals surface area contributed by atoms with Crippen LogP contribution in [-0.4, -0.2) is 4.57 Å². The molecule has 1 nitrogen and oxygen atoms in total. The summed E-state index contributed by atoms with van der Waals surface area (Å²) in [5.74, 6) is 0.539. The molecule has 0 spiro atoms. The van der Waals surface area contributed by atoms with E-state index in [2.05, 4.69) is 115 Å². The largest absolute Gasteiger partial charge is 0.309 e. The van der Waals surface area contributed by atoms with Gasteiger partial charge in [0.15, 0.2) is 0 Å². The van der Waals surface area contributed by atoms with E-state index in [1.165, 1.54) is 44.2 Å². The number of hydrogen-bond acceptors (Lipinski definition) is 0. The Bertz CT molecular complexity index is 1260. The van der Waals surface area contributed by atoms with Crippen LogP contribution in [0.4, 0.5) is 0 Å². The van der Waals surface area contributed by atoms with Gasteiger partial charge in [0.25, 0.3) is 0 Å². The van der Waals surface area contributed by atoms with E-state index in [1.54, 1.807) is 0 Å². The number of para-hydroxylation sites is 1. The van der Waals surface area contributed by atoms with E-state index < -0.39 is 0 Å². The van der Waals surface area contributed by atoms with E-state index in [1.807, 2.05) is 0 Å². The first kappa shape index (κ1) is 16.8. The minimum absolute atomic E-state index is 0.539. The average molecular weight is 361 g/mol. The minimum atomic E-state index is 0.539. The molecule has 5 aromatic rings. The van der Waals surface area contributed by atoms with Crippen molar-refractivity contribution in [1.82, 2.24) is 4.57 Å². The van der Waals surface area contributed by atoms with E-state index in [0.29, 0.717) is 5.92 Å². The van der Waals surface area contributed by atoms with Crippen LogP contribution >= 0.6 is 0 Å². The van der Waals surface area contributed by atoms with Crippen LogP contribution in [0.3, 0.4) is 0 Å². The predicted molar refractivity (Wildman–Crippen MR) is 120 cm³/mol. The van der Waals surface area contributed by atoms with Gasteiger partial charge < -0.3 is 4.57 Å². The average Bonchev–Trinajstić information content (AvgIpc) is 3.08. The molecule has 0 aliphatic rings. The zero-order valence-electron chi connectivity index (χ0n) is 16.3. The van der Waals surface area contributed by atoms with Crippen molar-refractivity contribution < 1.29 is 0 Å². The first-order valence-corrected chi connectivity index (χ1v) is 9.91. The summed E-state index contributed by atoms with van der Waals surface area (Å²) in [5.41, 5.74) is 7.57. The predicted octanol–water partition coefficient (Wildman–Crippen LogP) is 7.57. The fraction of sp³-hybridized carbons (Fsp3) is 0.111. The summed E-state index contributed by atoms with van der Waals surface area (Å²) in [4.78, 5) is 0. The number of hydrogen-bond donors (Lipinski definition) is 0. The highest BCUT2D eigenvalue weighted by Gasteiger charge is 2.13. The molecule has 0 saturated carbocycles. The Hall–Kier alpha value is -3.32. The Kier molecular flexibility index (Phi) is 4.02. The molecule has 0 unspecified atom stereocenters. The van der Waals surface area contributed by atoms with Gasteiger partial charge >= 0.3 is 0 Å². The van der Waals surface area contributed by atoms with Crippen LogP contribution in [0.15, 0.2) is 97.1 Å². The standard InChI is InChI=1S/C27H23N/c1-19(2)20-12-15-23(16-13-20)28-26-11-7-6-10-24(26)25-17-14-22(18-27(25)28)21-8-4-3-5-9-21/h3-19H,1-2H3. The van der Waals surface area contributed by atoms with Gasteiger partial charge in [-0.1, -0.05) is 86.6 Å². The van der Waals surface area contributed by atoms with E-state index in [9.17, 15) is 0 Å². The molecule has 0 aliphatic heterocycles. The molecule has 4 aromatic carbocycles. The third-order valence-electron chi connectivity index (χ3n) is 5.60. The van der Waals surface area contributed by atoms with E-state index in [-0.39, 0.29) is 0 Å². The van der Waals surface area contributed by atoms with Crippen molar-refractivity contribution in [3.8, 4) is 16.8 Å². The highest BCUT2D eigenvalue weighted by molar-refractivity contribution is 6.10. The molecule has 0 fully saturated rings. The lowest BCUT2D eigenvalue weighted by Gasteiger charge is -2.11. The second-order valence-corrected chi connectivity index (χ2v) is 7.70. The van der Waals surface area contributed by atoms with Gasteiger partial charge in [-0.15, -0.1) is 0 Å². The lowest BCUT2D eigenvalue weighted by Crippen LogP contribution is -1.95. The smallest absolute Gasteiger partial charge is 0.0547 e. The summed E-state index contributed by atoms with van der Waals surface area (Å²) in [6, 6.07) is 35.1. The number of nitrogens with zero attached hydrogens (tertiary/aromatic N) is 1. The molecule has 0 amide bonds. The molecule has 136 valence electrons. The van der Waals surface area contributed by atoms with Gasteiger partial charge in [-0.2, -0.15) is 0 Å². The maximum Gasteiger partial charge on any atom is 0.0547 e. The van der Waals surface area contributed by atoms with Gasteiger partial charge in [-0.3, -0.25) is 0 Å². The molecule has 0 saturated heterocycles. The summed E-state index contributed by atoms with van der Waals surface area (Å²) in [5, 5.41) is 2.59. The first-order chi connectivity index (χ1) is 13.7. The molecule has 0 aliphatic carbocycles. The molecule has 0 N–H and O–H groups in total. The zero-order chi connectivity index (χ0) is 19.1. The van der Waals surface area contributed by atoms with E-state index in [4.69, 9.17) is 0 Å². The maximum absolute atomic E-state index is 2.39. The monoisotopic (exact) mass is 361 g/mol. The van der Waals surface area contributed by atoms with Crippen molar-refractivity contribution in [2.45, 2.75) is 19.8 Å². The van der Waals surface area contributed by atoms with E-state index >= 15 is 0 Å². The van der Waals surface area contributed by atoms with Gasteiger partial charge in [-0.05, 0) is 46.9 Å². The van der Waals surface area contributed by atoms with Crippen LogP contribution in [0.5, 0.6) is 0 Å². The molecular weight excluding hydrogens is 338 g/mol. The lowest BCUT2D eigenvalue weighted by molar-refractivity contribution is 0.866.